The Balaban J connectivity index is 1.84. The van der Waals surface area contributed by atoms with Crippen LogP contribution < -0.4 is 4.90 Å². The Morgan fingerprint density at radius 2 is 1.84 bits per heavy atom. The van der Waals surface area contributed by atoms with E-state index in [0.29, 0.717) is 19.3 Å². The van der Waals surface area contributed by atoms with Crippen LogP contribution in [0.15, 0.2) is 23.1 Å². The molecule has 0 spiro atoms. The molecule has 2 heterocycles. The maximum Gasteiger partial charge on any atom is 0.306 e. The number of carboxylic acid groups (broad SMARTS) is 1. The summed E-state index contributed by atoms with van der Waals surface area (Å²) in [4.78, 5) is 24.7. The summed E-state index contributed by atoms with van der Waals surface area (Å²) >= 11 is 0. The minimum absolute atomic E-state index is 0.0109. The molecular weight excluding hydrogens is 344 g/mol. The van der Waals surface area contributed by atoms with Gasteiger partial charge < -0.3 is 10.0 Å². The molecule has 0 aliphatic carbocycles. The number of carboxylic acids is 1. The van der Waals surface area contributed by atoms with Gasteiger partial charge in [0, 0.05) is 31.7 Å². The molecule has 1 unspecified atom stereocenters. The van der Waals surface area contributed by atoms with Crippen molar-refractivity contribution in [3.63, 3.8) is 0 Å². The van der Waals surface area contributed by atoms with Gasteiger partial charge in [-0.05, 0) is 49.9 Å². The number of nitrogens with zero attached hydrogens (tertiary/aromatic N) is 2. The zero-order valence-electron chi connectivity index (χ0n) is 14.3. The van der Waals surface area contributed by atoms with Crippen molar-refractivity contribution in [3.05, 3.63) is 23.8 Å². The van der Waals surface area contributed by atoms with Gasteiger partial charge >= 0.3 is 5.97 Å². The molecule has 0 saturated carbocycles. The molecule has 0 bridgehead atoms. The molecule has 1 atom stereocenters. The van der Waals surface area contributed by atoms with Gasteiger partial charge in [-0.1, -0.05) is 0 Å². The maximum atomic E-state index is 12.9. The van der Waals surface area contributed by atoms with Gasteiger partial charge in [0.15, 0.2) is 0 Å². The predicted molar refractivity (Wildman–Crippen MR) is 91.9 cm³/mol. The second-order valence-corrected chi connectivity index (χ2v) is 8.69. The Hall–Kier alpha value is -1.93. The molecule has 8 heteroatoms. The van der Waals surface area contributed by atoms with Crippen molar-refractivity contribution in [2.75, 3.05) is 18.0 Å². The molecule has 1 aromatic carbocycles. The van der Waals surface area contributed by atoms with Crippen molar-refractivity contribution in [1.29, 1.82) is 0 Å². The summed E-state index contributed by atoms with van der Waals surface area (Å²) in [6.07, 6.45) is 1.28. The van der Waals surface area contributed by atoms with Crippen molar-refractivity contribution in [1.82, 2.24) is 4.31 Å². The van der Waals surface area contributed by atoms with Crippen LogP contribution in [-0.2, 0) is 26.0 Å². The van der Waals surface area contributed by atoms with Gasteiger partial charge in [-0.25, -0.2) is 8.42 Å². The Morgan fingerprint density at radius 1 is 1.20 bits per heavy atom. The lowest BCUT2D eigenvalue weighted by Crippen LogP contribution is -2.40. The van der Waals surface area contributed by atoms with Gasteiger partial charge in [0.1, 0.15) is 0 Å². The Kier molecular flexibility index (Phi) is 4.59. The number of anilines is 1. The fourth-order valence-electron chi connectivity index (χ4n) is 3.74. The van der Waals surface area contributed by atoms with E-state index < -0.39 is 21.9 Å². The summed E-state index contributed by atoms with van der Waals surface area (Å²) in [5, 5.41) is 9.04. The zero-order chi connectivity index (χ0) is 18.4. The summed E-state index contributed by atoms with van der Waals surface area (Å²) < 4.78 is 27.1. The normalized spacial score (nSPS) is 22.0. The van der Waals surface area contributed by atoms with Crippen molar-refractivity contribution < 1.29 is 23.1 Å². The number of piperidine rings is 1. The lowest BCUT2D eigenvalue weighted by molar-refractivity contribution is -0.142. The third-order valence-electron chi connectivity index (χ3n) is 5.05. The SMILES string of the molecule is CC(=O)N1c2ccc(S(=O)(=O)N3CCC(C(=O)O)CC3)cc2CC1C. The van der Waals surface area contributed by atoms with Gasteiger partial charge in [0.25, 0.3) is 0 Å². The molecule has 2 aliphatic heterocycles. The average molecular weight is 366 g/mol. The van der Waals surface area contributed by atoms with Gasteiger partial charge in [-0.15, -0.1) is 0 Å². The van der Waals surface area contributed by atoms with Crippen LogP contribution >= 0.6 is 0 Å². The van der Waals surface area contributed by atoms with Gasteiger partial charge in [-0.3, -0.25) is 9.59 Å². The van der Waals surface area contributed by atoms with E-state index in [1.165, 1.54) is 17.3 Å². The smallest absolute Gasteiger partial charge is 0.306 e. The highest BCUT2D eigenvalue weighted by Crippen LogP contribution is 2.35. The first-order chi connectivity index (χ1) is 11.7. The van der Waals surface area contributed by atoms with Gasteiger partial charge in [0.2, 0.25) is 15.9 Å². The zero-order valence-corrected chi connectivity index (χ0v) is 15.1. The third-order valence-corrected chi connectivity index (χ3v) is 6.94. The van der Waals surface area contributed by atoms with E-state index in [9.17, 15) is 18.0 Å². The van der Waals surface area contributed by atoms with E-state index in [1.807, 2.05) is 6.92 Å². The summed E-state index contributed by atoms with van der Waals surface area (Å²) in [6, 6.07) is 4.88. The predicted octanol–water partition coefficient (Wildman–Crippen LogP) is 1.47. The van der Waals surface area contributed by atoms with Crippen LogP contribution in [0.1, 0.15) is 32.3 Å². The summed E-state index contributed by atoms with van der Waals surface area (Å²) in [5.74, 6) is -1.40. The van der Waals surface area contributed by atoms with Crippen LogP contribution in [0.5, 0.6) is 0 Å². The number of carbonyl (C=O) groups excluding carboxylic acids is 1. The van der Waals surface area contributed by atoms with E-state index in [2.05, 4.69) is 0 Å². The number of fused-ring (bicyclic) bond motifs is 1. The molecule has 1 saturated heterocycles. The van der Waals surface area contributed by atoms with E-state index >= 15 is 0 Å². The molecule has 136 valence electrons. The average Bonchev–Trinajstić information content (AvgIpc) is 2.89. The maximum absolute atomic E-state index is 12.9. The first-order valence-electron chi connectivity index (χ1n) is 8.37. The number of hydrogen-bond donors (Lipinski definition) is 1. The highest BCUT2D eigenvalue weighted by Gasteiger charge is 2.34. The summed E-state index contributed by atoms with van der Waals surface area (Å²) in [6.45, 7) is 3.87. The number of sulfonamides is 1. The van der Waals surface area contributed by atoms with Crippen molar-refractivity contribution in [3.8, 4) is 0 Å². The second kappa shape index (κ2) is 6.42. The Labute approximate surface area is 147 Å². The minimum atomic E-state index is -3.65. The third kappa shape index (κ3) is 3.16. The van der Waals surface area contributed by atoms with Crippen molar-refractivity contribution >= 4 is 27.6 Å². The van der Waals surface area contributed by atoms with E-state index in [1.54, 1.807) is 17.0 Å². The summed E-state index contributed by atoms with van der Waals surface area (Å²) in [5.41, 5.74) is 1.62. The molecular formula is C17H22N2O5S. The van der Waals surface area contributed by atoms with E-state index in [4.69, 9.17) is 5.11 Å². The van der Waals surface area contributed by atoms with Gasteiger partial charge in [-0.2, -0.15) is 4.31 Å². The lowest BCUT2D eigenvalue weighted by atomic mass is 9.99. The Bertz CT molecular complexity index is 812. The molecule has 0 radical (unpaired) electrons. The second-order valence-electron chi connectivity index (χ2n) is 6.75. The Morgan fingerprint density at radius 3 is 2.40 bits per heavy atom. The molecule has 1 aromatic rings. The highest BCUT2D eigenvalue weighted by molar-refractivity contribution is 7.89. The topological polar surface area (TPSA) is 95.0 Å². The number of benzene rings is 1. The standard InChI is InChI=1S/C17H22N2O5S/c1-11-9-14-10-15(3-4-16(14)19(11)12(2)20)25(23,24)18-7-5-13(6-8-18)17(21)22/h3-4,10-11,13H,5-9H2,1-2H3,(H,21,22). The van der Waals surface area contributed by atoms with E-state index in [-0.39, 0.29) is 29.9 Å². The quantitative estimate of drug-likeness (QED) is 0.874. The molecule has 7 nitrogen and oxygen atoms in total. The molecule has 0 aromatic heterocycles. The van der Waals surface area contributed by atoms with Crippen molar-refractivity contribution in [2.24, 2.45) is 5.92 Å². The number of rotatable bonds is 3. The van der Waals surface area contributed by atoms with Crippen LogP contribution in [0.3, 0.4) is 0 Å². The molecule has 1 N–H and O–H groups in total. The van der Waals surface area contributed by atoms with Crippen LogP contribution in [0.25, 0.3) is 0 Å². The van der Waals surface area contributed by atoms with Crippen LogP contribution in [-0.4, -0.2) is 48.8 Å². The van der Waals surface area contributed by atoms with E-state index in [0.717, 1.165) is 11.3 Å². The molecule has 1 fully saturated rings. The van der Waals surface area contributed by atoms with Crippen LogP contribution in [0.4, 0.5) is 5.69 Å². The summed E-state index contributed by atoms with van der Waals surface area (Å²) in [7, 11) is -3.65. The monoisotopic (exact) mass is 366 g/mol. The van der Waals surface area contributed by atoms with Crippen LogP contribution in [0.2, 0.25) is 0 Å². The molecule has 3 rings (SSSR count). The first kappa shape index (κ1) is 17.9. The molecule has 25 heavy (non-hydrogen) atoms. The first-order valence-corrected chi connectivity index (χ1v) is 9.81. The van der Waals surface area contributed by atoms with Gasteiger partial charge in [0.05, 0.1) is 10.8 Å². The van der Waals surface area contributed by atoms with Crippen molar-refractivity contribution in [2.45, 2.75) is 44.0 Å². The van der Waals surface area contributed by atoms with Crippen LogP contribution in [0, 0.1) is 5.92 Å². The minimum Gasteiger partial charge on any atom is -0.481 e. The molecule has 1 amide bonds. The fraction of sp³-hybridized carbons (Fsp3) is 0.529. The molecule has 2 aliphatic rings. The number of hydrogen-bond acceptors (Lipinski definition) is 4. The number of amides is 1. The number of carbonyl (C=O) groups is 2. The lowest BCUT2D eigenvalue weighted by Gasteiger charge is -2.29. The largest absolute Gasteiger partial charge is 0.481 e. The highest BCUT2D eigenvalue weighted by atomic mass is 32.2. The number of aliphatic carboxylic acids is 1. The fourth-order valence-corrected chi connectivity index (χ4v) is 5.26.